The molecule has 18 heavy (non-hydrogen) atoms. The van der Waals surface area contributed by atoms with Gasteiger partial charge in [0.05, 0.1) is 11.7 Å². The largest absolute Gasteiger partial charge is 0.380 e. The van der Waals surface area contributed by atoms with Gasteiger partial charge >= 0.3 is 0 Å². The van der Waals surface area contributed by atoms with Gasteiger partial charge in [-0.1, -0.05) is 6.07 Å². The van der Waals surface area contributed by atoms with Crippen LogP contribution in [0.1, 0.15) is 5.56 Å². The average Bonchev–Trinajstić information content (AvgIpc) is 2.85. The second-order valence-electron chi connectivity index (χ2n) is 4.00. The number of H-pyrrole nitrogens is 1. The van der Waals surface area contributed by atoms with Crippen LogP contribution in [0.25, 0.3) is 10.9 Å². The molecule has 0 amide bonds. The molecule has 2 N–H and O–H groups in total. The third kappa shape index (κ3) is 2.22. The number of hydrogen-bond donors (Lipinski definition) is 2. The maximum Gasteiger partial charge on any atom is 0.0671 e. The van der Waals surface area contributed by atoms with Crippen molar-refractivity contribution in [3.8, 4) is 0 Å². The van der Waals surface area contributed by atoms with Gasteiger partial charge in [0.15, 0.2) is 0 Å². The van der Waals surface area contributed by atoms with Gasteiger partial charge in [-0.25, -0.2) is 0 Å². The fourth-order valence-corrected chi connectivity index (χ4v) is 2.28. The van der Waals surface area contributed by atoms with Crippen molar-refractivity contribution in [2.45, 2.75) is 6.54 Å². The van der Waals surface area contributed by atoms with Crippen LogP contribution in [0.2, 0.25) is 0 Å². The molecule has 90 valence electrons. The van der Waals surface area contributed by atoms with Crippen LogP contribution >= 0.6 is 15.9 Å². The minimum absolute atomic E-state index is 0.733. The normalized spacial score (nSPS) is 10.7. The molecule has 2 heterocycles. The van der Waals surface area contributed by atoms with E-state index in [0.717, 1.165) is 33.2 Å². The van der Waals surface area contributed by atoms with Gasteiger partial charge in [0.1, 0.15) is 0 Å². The first kappa shape index (κ1) is 11.2. The summed E-state index contributed by atoms with van der Waals surface area (Å²) in [5, 5.41) is 11.5. The number of nitrogens with one attached hydrogen (secondary N) is 2. The molecule has 4 nitrogen and oxygen atoms in total. The third-order valence-electron chi connectivity index (χ3n) is 2.73. The highest BCUT2D eigenvalue weighted by molar-refractivity contribution is 9.10. The van der Waals surface area contributed by atoms with Gasteiger partial charge in [0.2, 0.25) is 0 Å². The Kier molecular flexibility index (Phi) is 2.98. The molecular weight excluding hydrogens is 292 g/mol. The molecule has 0 aliphatic carbocycles. The lowest BCUT2D eigenvalue weighted by molar-refractivity contribution is 1.11. The van der Waals surface area contributed by atoms with Crippen LogP contribution in [0.15, 0.2) is 47.3 Å². The van der Waals surface area contributed by atoms with Gasteiger partial charge in [-0.3, -0.25) is 10.1 Å². The van der Waals surface area contributed by atoms with Crippen molar-refractivity contribution in [1.82, 2.24) is 15.2 Å². The van der Waals surface area contributed by atoms with Crippen LogP contribution in [-0.4, -0.2) is 15.2 Å². The molecule has 0 spiro atoms. The number of aromatic amines is 1. The zero-order valence-electron chi connectivity index (χ0n) is 9.52. The van der Waals surface area contributed by atoms with E-state index in [9.17, 15) is 0 Å². The summed E-state index contributed by atoms with van der Waals surface area (Å²) < 4.78 is 0.989. The van der Waals surface area contributed by atoms with E-state index in [1.54, 1.807) is 6.20 Å². The maximum atomic E-state index is 4.14. The van der Waals surface area contributed by atoms with Gasteiger partial charge in [-0.15, -0.1) is 0 Å². The minimum Gasteiger partial charge on any atom is -0.380 e. The predicted molar refractivity (Wildman–Crippen MR) is 75.4 cm³/mol. The first-order chi connectivity index (χ1) is 8.83. The van der Waals surface area contributed by atoms with Gasteiger partial charge in [0, 0.05) is 34.5 Å². The SMILES string of the molecule is Brc1cncc(CNc2cccc3[nH]ncc23)c1. The average molecular weight is 303 g/mol. The quantitative estimate of drug-likeness (QED) is 0.780. The molecule has 0 aliphatic heterocycles. The number of fused-ring (bicyclic) bond motifs is 1. The Morgan fingerprint density at radius 3 is 3.06 bits per heavy atom. The first-order valence-electron chi connectivity index (χ1n) is 5.58. The lowest BCUT2D eigenvalue weighted by Gasteiger charge is -2.07. The summed E-state index contributed by atoms with van der Waals surface area (Å²) in [6, 6.07) is 8.11. The fourth-order valence-electron chi connectivity index (χ4n) is 1.87. The van der Waals surface area contributed by atoms with Crippen molar-refractivity contribution in [2.24, 2.45) is 0 Å². The molecule has 0 unspecified atom stereocenters. The lowest BCUT2D eigenvalue weighted by atomic mass is 10.2. The van der Waals surface area contributed by atoms with Gasteiger partial charge < -0.3 is 5.32 Å². The van der Waals surface area contributed by atoms with Crippen molar-refractivity contribution in [3.63, 3.8) is 0 Å². The Labute approximate surface area is 113 Å². The lowest BCUT2D eigenvalue weighted by Crippen LogP contribution is -2.00. The summed E-state index contributed by atoms with van der Waals surface area (Å²) in [5.41, 5.74) is 3.23. The Balaban J connectivity index is 1.83. The molecule has 0 fully saturated rings. The van der Waals surface area contributed by atoms with Gasteiger partial charge in [-0.05, 0) is 39.7 Å². The number of rotatable bonds is 3. The van der Waals surface area contributed by atoms with E-state index in [1.165, 1.54) is 0 Å². The van der Waals surface area contributed by atoms with Crippen molar-refractivity contribution in [1.29, 1.82) is 0 Å². The summed E-state index contributed by atoms with van der Waals surface area (Å²) in [6.07, 6.45) is 5.46. The third-order valence-corrected chi connectivity index (χ3v) is 3.16. The Hall–Kier alpha value is -1.88. The van der Waals surface area contributed by atoms with Crippen molar-refractivity contribution >= 4 is 32.5 Å². The standard InChI is InChI=1S/C13H11BrN4/c14-10-4-9(5-15-7-10)6-16-12-2-1-3-13-11(12)8-17-18-13/h1-5,7-8,16H,6H2,(H,17,18). The molecule has 0 radical (unpaired) electrons. The Bertz CT molecular complexity index is 677. The first-order valence-corrected chi connectivity index (χ1v) is 6.37. The highest BCUT2D eigenvalue weighted by Crippen LogP contribution is 2.21. The summed E-state index contributed by atoms with van der Waals surface area (Å²) in [7, 11) is 0. The molecule has 0 saturated carbocycles. The molecule has 2 aromatic heterocycles. The number of aromatic nitrogens is 3. The monoisotopic (exact) mass is 302 g/mol. The molecule has 0 bridgehead atoms. The van der Waals surface area contributed by atoms with E-state index >= 15 is 0 Å². The smallest absolute Gasteiger partial charge is 0.0671 e. The van der Waals surface area contributed by atoms with Crippen LogP contribution in [0.4, 0.5) is 5.69 Å². The van der Waals surface area contributed by atoms with Gasteiger partial charge in [-0.2, -0.15) is 5.10 Å². The van der Waals surface area contributed by atoms with Crippen LogP contribution in [0.3, 0.4) is 0 Å². The summed E-state index contributed by atoms with van der Waals surface area (Å²) in [5.74, 6) is 0. The number of pyridine rings is 1. The van der Waals surface area contributed by atoms with E-state index in [-0.39, 0.29) is 0 Å². The Morgan fingerprint density at radius 2 is 2.17 bits per heavy atom. The topological polar surface area (TPSA) is 53.6 Å². The second-order valence-corrected chi connectivity index (χ2v) is 4.92. The number of anilines is 1. The fraction of sp³-hybridized carbons (Fsp3) is 0.0769. The van der Waals surface area contributed by atoms with Crippen molar-refractivity contribution in [2.75, 3.05) is 5.32 Å². The molecule has 0 atom stereocenters. The highest BCUT2D eigenvalue weighted by Gasteiger charge is 2.02. The molecule has 3 aromatic rings. The second kappa shape index (κ2) is 4.78. The highest BCUT2D eigenvalue weighted by atomic mass is 79.9. The summed E-state index contributed by atoms with van der Waals surface area (Å²) in [6.45, 7) is 0.733. The predicted octanol–water partition coefficient (Wildman–Crippen LogP) is 3.33. The van der Waals surface area contributed by atoms with Crippen LogP contribution < -0.4 is 5.32 Å². The molecule has 0 saturated heterocycles. The van der Waals surface area contributed by atoms with Crippen LogP contribution in [0.5, 0.6) is 0 Å². The maximum absolute atomic E-state index is 4.14. The minimum atomic E-state index is 0.733. The number of halogens is 1. The van der Waals surface area contributed by atoms with E-state index in [2.05, 4.69) is 42.5 Å². The summed E-state index contributed by atoms with van der Waals surface area (Å²) >= 11 is 3.42. The van der Waals surface area contributed by atoms with E-state index < -0.39 is 0 Å². The van der Waals surface area contributed by atoms with Crippen molar-refractivity contribution in [3.05, 3.63) is 52.9 Å². The zero-order valence-corrected chi connectivity index (χ0v) is 11.1. The van der Waals surface area contributed by atoms with Crippen LogP contribution in [0, 0.1) is 0 Å². The number of nitrogens with zero attached hydrogens (tertiary/aromatic N) is 2. The summed E-state index contributed by atoms with van der Waals surface area (Å²) in [4.78, 5) is 4.14. The molecule has 1 aromatic carbocycles. The van der Waals surface area contributed by atoms with Crippen molar-refractivity contribution < 1.29 is 0 Å². The molecule has 5 heteroatoms. The zero-order chi connectivity index (χ0) is 12.4. The van der Waals surface area contributed by atoms with E-state index in [1.807, 2.05) is 30.6 Å². The number of hydrogen-bond acceptors (Lipinski definition) is 3. The van der Waals surface area contributed by atoms with Gasteiger partial charge in [0.25, 0.3) is 0 Å². The number of benzene rings is 1. The van der Waals surface area contributed by atoms with Crippen LogP contribution in [-0.2, 0) is 6.54 Å². The molecule has 3 rings (SSSR count). The van der Waals surface area contributed by atoms with E-state index in [0.29, 0.717) is 0 Å². The molecule has 0 aliphatic rings. The Morgan fingerprint density at radius 1 is 1.22 bits per heavy atom. The van der Waals surface area contributed by atoms with E-state index in [4.69, 9.17) is 0 Å². The molecular formula is C13H11BrN4.